The van der Waals surface area contributed by atoms with Crippen molar-refractivity contribution in [3.63, 3.8) is 0 Å². The summed E-state index contributed by atoms with van der Waals surface area (Å²) in [5.41, 5.74) is 2.13. The number of carbonyl (C=O) groups is 1. The van der Waals surface area contributed by atoms with Crippen LogP contribution in [0.5, 0.6) is 0 Å². The van der Waals surface area contributed by atoms with E-state index >= 15 is 0 Å². The molecule has 1 amide bonds. The van der Waals surface area contributed by atoms with Crippen LogP contribution in [0, 0.1) is 12.7 Å². The van der Waals surface area contributed by atoms with E-state index in [1.165, 1.54) is 23.5 Å². The van der Waals surface area contributed by atoms with Crippen LogP contribution in [0.15, 0.2) is 58.5 Å². The Morgan fingerprint density at radius 3 is 2.59 bits per heavy atom. The maximum absolute atomic E-state index is 13.2. The number of halogens is 1. The number of hydrogen-bond donors (Lipinski definition) is 1. The Bertz CT molecular complexity index is 931. The molecule has 2 aromatic heterocycles. The molecule has 1 fully saturated rings. The molecule has 0 radical (unpaired) electrons. The van der Waals surface area contributed by atoms with Crippen LogP contribution in [-0.2, 0) is 0 Å². The van der Waals surface area contributed by atoms with Crippen molar-refractivity contribution >= 4 is 22.9 Å². The molecule has 0 aliphatic carbocycles. The first-order valence-electron chi connectivity index (χ1n) is 9.71. The second-order valence-electron chi connectivity index (χ2n) is 7.23. The predicted octanol–water partition coefficient (Wildman–Crippen LogP) is 4.08. The first kappa shape index (κ1) is 19.7. The van der Waals surface area contributed by atoms with Crippen LogP contribution in [0.2, 0.25) is 0 Å². The molecule has 1 saturated heterocycles. The molecule has 1 N–H and O–H groups in total. The van der Waals surface area contributed by atoms with Gasteiger partial charge in [-0.3, -0.25) is 9.69 Å². The second kappa shape index (κ2) is 8.80. The summed E-state index contributed by atoms with van der Waals surface area (Å²) >= 11 is 1.46. The van der Waals surface area contributed by atoms with Gasteiger partial charge < -0.3 is 14.6 Å². The van der Waals surface area contributed by atoms with Gasteiger partial charge in [-0.05, 0) is 60.3 Å². The molecule has 0 spiro atoms. The minimum absolute atomic E-state index is 0.0228. The van der Waals surface area contributed by atoms with Crippen LogP contribution in [0.25, 0.3) is 0 Å². The summed E-state index contributed by atoms with van der Waals surface area (Å²) < 4.78 is 18.9. The van der Waals surface area contributed by atoms with Gasteiger partial charge in [0, 0.05) is 38.4 Å². The highest BCUT2D eigenvalue weighted by molar-refractivity contribution is 7.12. The molecule has 1 unspecified atom stereocenters. The number of thiophene rings is 1. The Morgan fingerprint density at radius 2 is 1.97 bits per heavy atom. The molecule has 1 aliphatic rings. The fraction of sp³-hybridized carbons (Fsp3) is 0.318. The van der Waals surface area contributed by atoms with Gasteiger partial charge in [0.05, 0.1) is 17.2 Å². The van der Waals surface area contributed by atoms with E-state index < -0.39 is 0 Å². The number of aryl methyl sites for hydroxylation is 1. The van der Waals surface area contributed by atoms with Crippen LogP contribution < -0.4 is 10.2 Å². The number of furan rings is 1. The third kappa shape index (κ3) is 4.68. The molecule has 4 rings (SSSR count). The van der Waals surface area contributed by atoms with Gasteiger partial charge in [-0.1, -0.05) is 0 Å². The first-order chi connectivity index (χ1) is 14.1. The van der Waals surface area contributed by atoms with Crippen molar-refractivity contribution < 1.29 is 13.6 Å². The summed E-state index contributed by atoms with van der Waals surface area (Å²) in [5, 5.41) is 5.04. The van der Waals surface area contributed by atoms with E-state index in [9.17, 15) is 9.18 Å². The smallest absolute Gasteiger partial charge is 0.261 e. The molecule has 1 aromatic carbocycles. The third-order valence-electron chi connectivity index (χ3n) is 5.23. The quantitative estimate of drug-likeness (QED) is 0.662. The highest BCUT2D eigenvalue weighted by Crippen LogP contribution is 2.25. The zero-order valence-electron chi connectivity index (χ0n) is 16.3. The summed E-state index contributed by atoms with van der Waals surface area (Å²) in [5.74, 6) is 0.578. The number of nitrogens with zero attached hydrogens (tertiary/aromatic N) is 2. The molecule has 3 aromatic rings. The monoisotopic (exact) mass is 413 g/mol. The predicted molar refractivity (Wildman–Crippen MR) is 113 cm³/mol. The van der Waals surface area contributed by atoms with E-state index in [2.05, 4.69) is 15.1 Å². The first-order valence-corrected chi connectivity index (χ1v) is 10.6. The molecule has 29 heavy (non-hydrogen) atoms. The molecule has 3 heterocycles. The maximum Gasteiger partial charge on any atom is 0.261 e. The van der Waals surface area contributed by atoms with Gasteiger partial charge in [0.25, 0.3) is 5.91 Å². The minimum Gasteiger partial charge on any atom is -0.468 e. The van der Waals surface area contributed by atoms with E-state index in [0.29, 0.717) is 6.54 Å². The van der Waals surface area contributed by atoms with Crippen LogP contribution >= 0.6 is 11.3 Å². The zero-order valence-corrected chi connectivity index (χ0v) is 17.1. The Morgan fingerprint density at radius 1 is 1.21 bits per heavy atom. The average Bonchev–Trinajstić information content (AvgIpc) is 3.41. The number of rotatable bonds is 6. The van der Waals surface area contributed by atoms with Crippen LogP contribution in [0.1, 0.15) is 27.0 Å². The molecule has 1 aliphatic heterocycles. The Balaban J connectivity index is 1.40. The van der Waals surface area contributed by atoms with E-state index in [1.807, 2.05) is 42.6 Å². The number of piperazine rings is 1. The van der Waals surface area contributed by atoms with Gasteiger partial charge in [0.1, 0.15) is 11.6 Å². The van der Waals surface area contributed by atoms with Gasteiger partial charge >= 0.3 is 0 Å². The topological polar surface area (TPSA) is 48.7 Å². The van der Waals surface area contributed by atoms with E-state index in [0.717, 1.165) is 48.1 Å². The standard InChI is InChI=1S/C22H24FN3O2S/c1-16-13-21(29-15-16)22(27)24-14-19(20-3-2-12-28-20)26-10-8-25(9-11-26)18-6-4-17(23)5-7-18/h2-7,12-13,15,19H,8-11,14H2,1H3,(H,24,27). The van der Waals surface area contributed by atoms with E-state index in [-0.39, 0.29) is 17.8 Å². The summed E-state index contributed by atoms with van der Waals surface area (Å²) in [6.07, 6.45) is 1.67. The molecular formula is C22H24FN3O2S. The van der Waals surface area contributed by atoms with Crippen molar-refractivity contribution in [1.29, 1.82) is 0 Å². The molecule has 152 valence electrons. The van der Waals surface area contributed by atoms with Crippen LogP contribution in [0.4, 0.5) is 10.1 Å². The highest BCUT2D eigenvalue weighted by Gasteiger charge is 2.27. The Hall–Kier alpha value is -2.64. The van der Waals surface area contributed by atoms with E-state index in [4.69, 9.17) is 4.42 Å². The lowest BCUT2D eigenvalue weighted by molar-refractivity contribution is 0.0927. The number of hydrogen-bond acceptors (Lipinski definition) is 5. The van der Waals surface area contributed by atoms with Crippen LogP contribution in [-0.4, -0.2) is 43.5 Å². The van der Waals surface area contributed by atoms with Gasteiger partial charge in [0.2, 0.25) is 0 Å². The lowest BCUT2D eigenvalue weighted by atomic mass is 10.1. The van der Waals surface area contributed by atoms with Crippen molar-refractivity contribution in [3.8, 4) is 0 Å². The fourth-order valence-corrected chi connectivity index (χ4v) is 4.48. The molecule has 7 heteroatoms. The summed E-state index contributed by atoms with van der Waals surface area (Å²) in [7, 11) is 0. The molecule has 0 bridgehead atoms. The van der Waals surface area contributed by atoms with Gasteiger partial charge in [-0.15, -0.1) is 11.3 Å². The normalized spacial score (nSPS) is 16.0. The lowest BCUT2D eigenvalue weighted by Gasteiger charge is -2.39. The number of carbonyl (C=O) groups excluding carboxylic acids is 1. The van der Waals surface area contributed by atoms with Crippen LogP contribution in [0.3, 0.4) is 0 Å². The Labute approximate surface area is 173 Å². The SMILES string of the molecule is Cc1csc(C(=O)NCC(c2ccco2)N2CCN(c3ccc(F)cc3)CC2)c1. The lowest BCUT2D eigenvalue weighted by Crippen LogP contribution is -2.49. The van der Waals surface area contributed by atoms with Gasteiger partial charge in [-0.25, -0.2) is 4.39 Å². The largest absolute Gasteiger partial charge is 0.468 e. The number of nitrogens with one attached hydrogen (secondary N) is 1. The zero-order chi connectivity index (χ0) is 20.2. The summed E-state index contributed by atoms with van der Waals surface area (Å²) in [6, 6.07) is 12.3. The van der Waals surface area contributed by atoms with Crippen molar-refractivity contribution in [2.45, 2.75) is 13.0 Å². The number of amides is 1. The average molecular weight is 414 g/mol. The second-order valence-corrected chi connectivity index (χ2v) is 8.14. The third-order valence-corrected chi connectivity index (χ3v) is 6.28. The van der Waals surface area contributed by atoms with Crippen molar-refractivity contribution in [1.82, 2.24) is 10.2 Å². The molecule has 0 saturated carbocycles. The molecular weight excluding hydrogens is 389 g/mol. The number of benzene rings is 1. The molecule has 1 atom stereocenters. The minimum atomic E-state index is -0.220. The van der Waals surface area contributed by atoms with Crippen molar-refractivity contribution in [3.05, 3.63) is 76.1 Å². The fourth-order valence-electron chi connectivity index (χ4n) is 3.66. The number of anilines is 1. The van der Waals surface area contributed by atoms with Gasteiger partial charge in [-0.2, -0.15) is 0 Å². The highest BCUT2D eigenvalue weighted by atomic mass is 32.1. The summed E-state index contributed by atoms with van der Waals surface area (Å²) in [4.78, 5) is 17.8. The maximum atomic E-state index is 13.2. The van der Waals surface area contributed by atoms with Gasteiger partial charge in [0.15, 0.2) is 0 Å². The Kier molecular flexibility index (Phi) is 5.97. The van der Waals surface area contributed by atoms with E-state index in [1.54, 1.807) is 6.26 Å². The van der Waals surface area contributed by atoms with Crippen molar-refractivity contribution in [2.75, 3.05) is 37.6 Å². The van der Waals surface area contributed by atoms with Crippen molar-refractivity contribution in [2.24, 2.45) is 0 Å². The molecule has 5 nitrogen and oxygen atoms in total. The summed E-state index contributed by atoms with van der Waals surface area (Å²) in [6.45, 7) is 5.80.